The van der Waals surface area contributed by atoms with Gasteiger partial charge in [-0.2, -0.15) is 0 Å². The number of carbonyl (C=O) groups is 6. The van der Waals surface area contributed by atoms with Crippen molar-refractivity contribution in [3.63, 3.8) is 0 Å². The number of methoxy groups -OCH3 is 1. The third-order valence-corrected chi connectivity index (χ3v) is 12.1. The molecule has 2 fully saturated rings. The molecule has 1 aromatic heterocycles. The fourth-order valence-electron chi connectivity index (χ4n) is 8.83. The molecule has 18 heteroatoms. The van der Waals surface area contributed by atoms with E-state index in [9.17, 15) is 28.8 Å². The van der Waals surface area contributed by atoms with E-state index in [1.807, 2.05) is 24.9 Å². The number of hydrogen-bond donors (Lipinski definition) is 4. The Morgan fingerprint density at radius 2 is 1.82 bits per heavy atom. The number of nitrogens with one attached hydrogen (secondary N) is 4. The van der Waals surface area contributed by atoms with Gasteiger partial charge in [0.05, 0.1) is 19.9 Å². The van der Waals surface area contributed by atoms with Crippen molar-refractivity contribution in [2.75, 3.05) is 69.0 Å². The van der Waals surface area contributed by atoms with Crippen LogP contribution >= 0.6 is 12.4 Å². The van der Waals surface area contributed by atoms with Gasteiger partial charge in [0, 0.05) is 80.1 Å². The van der Waals surface area contributed by atoms with E-state index in [1.165, 1.54) is 4.90 Å². The molecule has 4 aliphatic rings. The molecule has 3 aliphatic heterocycles. The number of fused-ring (bicyclic) bond motifs is 2. The first-order valence-electron chi connectivity index (χ1n) is 21.3. The molecule has 7 rings (SSSR count). The van der Waals surface area contributed by atoms with E-state index in [2.05, 4.69) is 31.2 Å². The first kappa shape index (κ1) is 45.9. The highest BCUT2D eigenvalue weighted by Gasteiger charge is 2.42. The molecule has 2 atom stereocenters. The van der Waals surface area contributed by atoms with E-state index in [4.69, 9.17) is 9.72 Å². The van der Waals surface area contributed by atoms with E-state index < -0.39 is 11.9 Å². The number of amides is 6. The lowest BCUT2D eigenvalue weighted by Gasteiger charge is -2.43. The minimum absolute atomic E-state index is 0. The second-order valence-corrected chi connectivity index (χ2v) is 16.2. The Morgan fingerprint density at radius 3 is 2.56 bits per heavy atom. The summed E-state index contributed by atoms with van der Waals surface area (Å²) < 4.78 is 5.71. The van der Waals surface area contributed by atoms with Gasteiger partial charge in [-0.25, -0.2) is 9.97 Å². The van der Waals surface area contributed by atoms with Crippen LogP contribution in [0.4, 0.5) is 17.2 Å². The van der Waals surface area contributed by atoms with Crippen molar-refractivity contribution < 1.29 is 33.5 Å². The van der Waals surface area contributed by atoms with Crippen LogP contribution < -0.4 is 35.8 Å². The van der Waals surface area contributed by atoms with Crippen molar-refractivity contribution in [1.29, 1.82) is 0 Å². The van der Waals surface area contributed by atoms with Crippen molar-refractivity contribution in [3.05, 3.63) is 70.7 Å². The lowest BCUT2D eigenvalue weighted by Crippen LogP contribution is -2.55. The molecule has 6 amide bonds. The average Bonchev–Trinajstić information content (AvgIpc) is 3.90. The van der Waals surface area contributed by atoms with Crippen molar-refractivity contribution >= 4 is 65.0 Å². The van der Waals surface area contributed by atoms with Crippen LogP contribution in [0.3, 0.4) is 0 Å². The number of aromatic nitrogens is 2. The molecule has 4 N–H and O–H groups in total. The summed E-state index contributed by atoms with van der Waals surface area (Å²) in [6.45, 7) is 4.72. The molecule has 0 spiro atoms. The van der Waals surface area contributed by atoms with Gasteiger partial charge in [0.1, 0.15) is 29.3 Å². The van der Waals surface area contributed by atoms with Gasteiger partial charge in [-0.3, -0.25) is 39.0 Å². The van der Waals surface area contributed by atoms with Crippen LogP contribution in [0.15, 0.2) is 42.6 Å². The number of likely N-dealkylation sites (N-methyl/N-ethyl adjacent to an activating group) is 2. The maximum absolute atomic E-state index is 13.3. The van der Waals surface area contributed by atoms with Gasteiger partial charge in [-0.15, -0.1) is 12.4 Å². The van der Waals surface area contributed by atoms with Crippen molar-refractivity contribution in [2.45, 2.75) is 89.4 Å². The predicted octanol–water partition coefficient (Wildman–Crippen LogP) is 3.04. The molecule has 1 unspecified atom stereocenters. The Labute approximate surface area is 368 Å². The number of rotatable bonds is 17. The van der Waals surface area contributed by atoms with E-state index in [1.54, 1.807) is 55.6 Å². The van der Waals surface area contributed by atoms with Gasteiger partial charge < -0.3 is 35.4 Å². The molecule has 0 bridgehead atoms. The highest BCUT2D eigenvalue weighted by molar-refractivity contribution is 6.07. The van der Waals surface area contributed by atoms with Crippen LogP contribution in [-0.2, 0) is 32.1 Å². The summed E-state index contributed by atoms with van der Waals surface area (Å²) in [6, 6.07) is 9.82. The van der Waals surface area contributed by atoms with E-state index in [-0.39, 0.29) is 80.0 Å². The number of ether oxygens (including phenoxy) is 1. The number of benzene rings is 2. The number of anilines is 3. The zero-order valence-electron chi connectivity index (χ0n) is 35.8. The summed E-state index contributed by atoms with van der Waals surface area (Å²) in [5.74, 6) is 0.511. The SMILES string of the molecule is CC[C@@H]1C(=O)N(C)c2cnc(Cc3ccc(C(=O)NCCCNCCN(C)CC(=O)Nc4cccc5c4CN(C4CCC(=O)NC4=O)C5=O)cc3OC)nc2N1C1CCCC1.Cl. The summed E-state index contributed by atoms with van der Waals surface area (Å²) in [6.07, 6.45) is 8.37. The van der Waals surface area contributed by atoms with Gasteiger partial charge >= 0.3 is 0 Å². The van der Waals surface area contributed by atoms with Crippen molar-refractivity contribution in [2.24, 2.45) is 0 Å². The minimum Gasteiger partial charge on any atom is -0.496 e. The summed E-state index contributed by atoms with van der Waals surface area (Å²) in [4.78, 5) is 93.4. The average molecular weight is 873 g/mol. The number of carbonyl (C=O) groups excluding carboxylic acids is 6. The highest BCUT2D eigenvalue weighted by atomic mass is 35.5. The van der Waals surface area contributed by atoms with E-state index >= 15 is 0 Å². The summed E-state index contributed by atoms with van der Waals surface area (Å²) in [5, 5.41) is 11.6. The summed E-state index contributed by atoms with van der Waals surface area (Å²) >= 11 is 0. The number of nitrogens with zero attached hydrogens (tertiary/aromatic N) is 6. The molecule has 4 heterocycles. The Kier molecular flexibility index (Phi) is 15.2. The van der Waals surface area contributed by atoms with Crippen LogP contribution in [0.5, 0.6) is 5.75 Å². The zero-order chi connectivity index (χ0) is 43.2. The molecular weight excluding hydrogens is 816 g/mol. The molecule has 1 aliphatic carbocycles. The molecule has 17 nitrogen and oxygen atoms in total. The third-order valence-electron chi connectivity index (χ3n) is 12.1. The molecule has 62 heavy (non-hydrogen) atoms. The number of imide groups is 1. The van der Waals surface area contributed by atoms with Gasteiger partial charge in [0.2, 0.25) is 23.6 Å². The van der Waals surface area contributed by atoms with Crippen LogP contribution in [0.2, 0.25) is 0 Å². The molecule has 0 radical (unpaired) electrons. The summed E-state index contributed by atoms with van der Waals surface area (Å²) in [7, 11) is 5.22. The Hall–Kier alpha value is -5.65. The molecule has 3 aromatic rings. The molecule has 2 aromatic carbocycles. The fourth-order valence-corrected chi connectivity index (χ4v) is 8.83. The van der Waals surface area contributed by atoms with Crippen molar-refractivity contribution in [1.82, 2.24) is 35.7 Å². The minimum atomic E-state index is -0.729. The number of halogens is 1. The zero-order valence-corrected chi connectivity index (χ0v) is 36.6. The van der Waals surface area contributed by atoms with Gasteiger partial charge in [-0.05, 0) is 70.0 Å². The Morgan fingerprint density at radius 1 is 1.03 bits per heavy atom. The molecular formula is C44H57ClN10O7. The quantitative estimate of drug-likeness (QED) is 0.115. The molecule has 1 saturated carbocycles. The standard InChI is InChI=1S/C44H56N10O7.ClH/c1-5-33-44(60)52(3)35-24-47-37(49-40(35)54(33)29-10-6-7-11-29)23-27-14-15-28(22-36(27)61-4)41(57)46-19-9-18-45-20-21-51(2)26-39(56)48-32-13-8-12-30-31(32)25-53(43(30)59)34-16-17-38(55)50-42(34)58;/h8,12-15,22,24,29,33-34,45H,5-7,9-11,16-21,23,25-26H2,1-4H3,(H,46,57)(H,48,56)(H,50,55,58);1H/t33-,34?;/m1./s1. The second kappa shape index (κ2) is 20.5. The van der Waals surface area contributed by atoms with Crippen LogP contribution in [0.1, 0.15) is 96.0 Å². The lowest BCUT2D eigenvalue weighted by molar-refractivity contribution is -0.137. The van der Waals surface area contributed by atoms with Crippen LogP contribution in [0, 0.1) is 0 Å². The van der Waals surface area contributed by atoms with E-state index in [0.29, 0.717) is 79.4 Å². The van der Waals surface area contributed by atoms with Gasteiger partial charge in [0.25, 0.3) is 11.8 Å². The van der Waals surface area contributed by atoms with Gasteiger partial charge in [0.15, 0.2) is 5.82 Å². The lowest BCUT2D eigenvalue weighted by atomic mass is 10.0. The number of hydrogen-bond acceptors (Lipinski definition) is 12. The Balaban J connectivity index is 0.00000641. The largest absolute Gasteiger partial charge is 0.496 e. The van der Waals surface area contributed by atoms with Crippen molar-refractivity contribution in [3.8, 4) is 5.75 Å². The smallest absolute Gasteiger partial charge is 0.255 e. The maximum atomic E-state index is 13.3. The first-order chi connectivity index (χ1) is 29.5. The van der Waals surface area contributed by atoms with Crippen LogP contribution in [0.25, 0.3) is 0 Å². The van der Waals surface area contributed by atoms with Crippen LogP contribution in [-0.4, -0.2) is 127 Å². The predicted molar refractivity (Wildman–Crippen MR) is 236 cm³/mol. The molecule has 1 saturated heterocycles. The molecule has 332 valence electrons. The maximum Gasteiger partial charge on any atom is 0.255 e. The highest BCUT2D eigenvalue weighted by Crippen LogP contribution is 2.40. The van der Waals surface area contributed by atoms with Gasteiger partial charge in [-0.1, -0.05) is 31.9 Å². The normalized spacial score (nSPS) is 18.7. The fraction of sp³-hybridized carbons (Fsp3) is 0.500. The topological polar surface area (TPSA) is 199 Å². The third kappa shape index (κ3) is 10.0. The first-order valence-corrected chi connectivity index (χ1v) is 21.3. The second-order valence-electron chi connectivity index (χ2n) is 16.2. The summed E-state index contributed by atoms with van der Waals surface area (Å²) in [5.41, 5.74) is 3.67. The van der Waals surface area contributed by atoms with E-state index in [0.717, 1.165) is 42.8 Å². The Bertz CT molecular complexity index is 2180. The number of piperidine rings is 1. The monoisotopic (exact) mass is 872 g/mol.